The predicted octanol–water partition coefficient (Wildman–Crippen LogP) is 1.59. The maximum Gasteiger partial charge on any atom is 0.244 e. The van der Waals surface area contributed by atoms with Gasteiger partial charge in [0.15, 0.2) is 11.3 Å². The Morgan fingerprint density at radius 3 is 3.00 bits per heavy atom. The van der Waals surface area contributed by atoms with Crippen LogP contribution in [0.1, 0.15) is 5.56 Å². The molecule has 0 radical (unpaired) electrons. The largest absolute Gasteiger partial charge is 0.451 e. The van der Waals surface area contributed by atoms with Crippen LogP contribution in [0.25, 0.3) is 11.2 Å². The molecule has 0 aromatic carbocycles. The topological polar surface area (TPSA) is 39.4 Å². The first kappa shape index (κ1) is 5.60. The van der Waals surface area contributed by atoms with E-state index in [1.807, 2.05) is 6.92 Å². The van der Waals surface area contributed by atoms with Crippen molar-refractivity contribution >= 4 is 22.2 Å². The molecule has 56 valence electrons. The first-order chi connectivity index (χ1) is 5.27. The van der Waals surface area contributed by atoms with Gasteiger partial charge in [-0.1, -0.05) is 0 Å². The molecule has 11 heavy (non-hydrogen) atoms. The third-order valence-electron chi connectivity index (χ3n) is 1.95. The number of aryl methyl sites for hydroxylation is 1. The van der Waals surface area contributed by atoms with E-state index >= 15 is 0 Å². The van der Waals surface area contributed by atoms with Crippen LogP contribution in [0.4, 0.5) is 0 Å². The zero-order chi connectivity index (χ0) is 7.59. The van der Waals surface area contributed by atoms with E-state index in [0.717, 1.165) is 11.1 Å². The lowest BCUT2D eigenvalue weighted by molar-refractivity contribution is 0.573. The molecule has 0 saturated heterocycles. The highest BCUT2D eigenvalue weighted by molar-refractivity contribution is 7.81. The van der Waals surface area contributed by atoms with Gasteiger partial charge in [-0.15, -0.1) is 0 Å². The van der Waals surface area contributed by atoms with Gasteiger partial charge in [-0.25, -0.2) is 4.21 Å². The summed E-state index contributed by atoms with van der Waals surface area (Å²) in [6.45, 7) is 1.90. The minimum atomic E-state index is -1.32. The van der Waals surface area contributed by atoms with Crippen molar-refractivity contribution in [2.24, 2.45) is 0 Å². The van der Waals surface area contributed by atoms with Crippen molar-refractivity contribution in [2.75, 3.05) is 0 Å². The van der Waals surface area contributed by atoms with Gasteiger partial charge in [0.2, 0.25) is 11.1 Å². The summed E-state index contributed by atoms with van der Waals surface area (Å²) in [6, 6.07) is 1.78. The van der Waals surface area contributed by atoms with Crippen LogP contribution in [-0.2, 0) is 11.1 Å². The molecular weight excluding hydrogens is 164 g/mol. The highest BCUT2D eigenvalue weighted by Gasteiger charge is 2.31. The standard InChI is InChI=1S/C7H4O3S/c1-3-4-2-5-7(9-4)6(3)10-11(5)8/h2H,1H3. The maximum absolute atomic E-state index is 11.1. The Balaban J connectivity index is 2.60. The molecule has 0 N–H and O–H groups in total. The molecule has 0 saturated carbocycles. The zero-order valence-electron chi connectivity index (χ0n) is 5.71. The summed E-state index contributed by atoms with van der Waals surface area (Å²) in [6.07, 6.45) is 0. The number of hydrogen-bond donors (Lipinski definition) is 0. The van der Waals surface area contributed by atoms with Crippen molar-refractivity contribution in [1.82, 2.24) is 0 Å². The minimum absolute atomic E-state index is 0.663. The fourth-order valence-electron chi connectivity index (χ4n) is 1.34. The highest BCUT2D eigenvalue weighted by Crippen LogP contribution is 2.44. The molecule has 0 spiro atoms. The molecule has 3 rings (SSSR count). The second kappa shape index (κ2) is 1.43. The molecular formula is C7H4O3S. The van der Waals surface area contributed by atoms with Gasteiger partial charge in [0.05, 0.1) is 0 Å². The summed E-state index contributed by atoms with van der Waals surface area (Å²) in [7, 11) is 0. The van der Waals surface area contributed by atoms with Crippen LogP contribution in [0.3, 0.4) is 0 Å². The van der Waals surface area contributed by atoms with Gasteiger partial charge < -0.3 is 8.60 Å². The molecule has 1 unspecified atom stereocenters. The third kappa shape index (κ3) is 0.454. The fourth-order valence-corrected chi connectivity index (χ4v) is 2.28. The van der Waals surface area contributed by atoms with Crippen molar-refractivity contribution in [3.05, 3.63) is 11.6 Å². The fraction of sp³-hybridized carbons (Fsp3) is 0.143. The second-order valence-electron chi connectivity index (χ2n) is 2.58. The van der Waals surface area contributed by atoms with E-state index in [1.165, 1.54) is 0 Å². The zero-order valence-corrected chi connectivity index (χ0v) is 6.53. The molecule has 2 bridgehead atoms. The molecule has 1 atom stereocenters. The van der Waals surface area contributed by atoms with Gasteiger partial charge in [-0.05, 0) is 6.92 Å². The van der Waals surface area contributed by atoms with Crippen LogP contribution in [-0.4, -0.2) is 4.21 Å². The van der Waals surface area contributed by atoms with Crippen LogP contribution in [0.15, 0.2) is 15.4 Å². The number of hydrogen-bond acceptors (Lipinski definition) is 3. The highest BCUT2D eigenvalue weighted by atomic mass is 32.2. The van der Waals surface area contributed by atoms with Crippen LogP contribution < -0.4 is 4.18 Å². The number of rotatable bonds is 0. The number of fused-ring (bicyclic) bond motifs is 1. The molecule has 1 aliphatic heterocycles. The summed E-state index contributed by atoms with van der Waals surface area (Å²) in [5.74, 6) is 0.663. The van der Waals surface area contributed by atoms with E-state index in [9.17, 15) is 4.21 Å². The monoisotopic (exact) mass is 168 g/mol. The summed E-state index contributed by atoms with van der Waals surface area (Å²) in [5, 5.41) is 0. The molecule has 1 aliphatic rings. The van der Waals surface area contributed by atoms with Gasteiger partial charge in [0.1, 0.15) is 10.5 Å². The lowest BCUT2D eigenvalue weighted by Gasteiger charge is -1.89. The average Bonchev–Trinajstić information content (AvgIpc) is 2.53. The van der Waals surface area contributed by atoms with E-state index in [4.69, 9.17) is 8.60 Å². The molecule has 2 aromatic heterocycles. The van der Waals surface area contributed by atoms with Gasteiger partial charge in [-0.2, -0.15) is 0 Å². The smallest absolute Gasteiger partial charge is 0.244 e. The molecule has 0 amide bonds. The Morgan fingerprint density at radius 2 is 2.36 bits per heavy atom. The molecule has 4 heteroatoms. The normalized spacial score (nSPS) is 21.4. The number of benzene rings is 1. The lowest BCUT2D eigenvalue weighted by Crippen LogP contribution is -1.90. The first-order valence-electron chi connectivity index (χ1n) is 3.23. The van der Waals surface area contributed by atoms with Crippen LogP contribution in [0, 0.1) is 6.92 Å². The average molecular weight is 168 g/mol. The SMILES string of the molecule is Cc1c2c3oc1cc3S(=O)O2. The van der Waals surface area contributed by atoms with E-state index in [0.29, 0.717) is 16.2 Å². The van der Waals surface area contributed by atoms with E-state index < -0.39 is 11.1 Å². The summed E-state index contributed by atoms with van der Waals surface area (Å²) in [4.78, 5) is 0.681. The molecule has 3 heterocycles. The van der Waals surface area contributed by atoms with Crippen molar-refractivity contribution < 1.29 is 12.8 Å². The Kier molecular flexibility index (Phi) is 0.727. The van der Waals surface area contributed by atoms with Gasteiger partial charge >= 0.3 is 0 Å². The summed E-state index contributed by atoms with van der Waals surface area (Å²) < 4.78 is 21.5. The van der Waals surface area contributed by atoms with E-state index in [1.54, 1.807) is 6.07 Å². The predicted molar refractivity (Wildman–Crippen MR) is 39.2 cm³/mol. The number of furan rings is 2. The van der Waals surface area contributed by atoms with Crippen molar-refractivity contribution in [1.29, 1.82) is 0 Å². The maximum atomic E-state index is 11.1. The van der Waals surface area contributed by atoms with Gasteiger partial charge in [0, 0.05) is 11.6 Å². The quantitative estimate of drug-likeness (QED) is 0.599. The molecule has 3 nitrogen and oxygen atoms in total. The van der Waals surface area contributed by atoms with Crippen LogP contribution in [0.2, 0.25) is 0 Å². The summed E-state index contributed by atoms with van der Waals surface area (Å²) >= 11 is -1.32. The Labute approximate surface area is 64.9 Å². The Hall–Kier alpha value is -1.03. The van der Waals surface area contributed by atoms with Crippen LogP contribution >= 0.6 is 0 Å². The van der Waals surface area contributed by atoms with Crippen molar-refractivity contribution in [3.63, 3.8) is 0 Å². The van der Waals surface area contributed by atoms with E-state index in [2.05, 4.69) is 0 Å². The lowest BCUT2D eigenvalue weighted by atomic mass is 10.2. The Bertz CT molecular complexity index is 457. The van der Waals surface area contributed by atoms with Gasteiger partial charge in [0.25, 0.3) is 0 Å². The van der Waals surface area contributed by atoms with E-state index in [-0.39, 0.29) is 0 Å². The van der Waals surface area contributed by atoms with Crippen molar-refractivity contribution in [2.45, 2.75) is 11.8 Å². The van der Waals surface area contributed by atoms with Crippen LogP contribution in [0.5, 0.6) is 5.75 Å². The third-order valence-corrected chi connectivity index (χ3v) is 2.93. The first-order valence-corrected chi connectivity index (χ1v) is 4.30. The Morgan fingerprint density at radius 1 is 1.55 bits per heavy atom. The van der Waals surface area contributed by atoms with Crippen molar-refractivity contribution in [3.8, 4) is 5.75 Å². The van der Waals surface area contributed by atoms with Gasteiger partial charge in [-0.3, -0.25) is 0 Å². The molecule has 2 aromatic rings. The summed E-state index contributed by atoms with van der Waals surface area (Å²) in [5.41, 5.74) is 2.40. The molecule has 0 fully saturated rings. The second-order valence-corrected chi connectivity index (χ2v) is 3.65. The minimum Gasteiger partial charge on any atom is -0.451 e. The molecule has 0 aliphatic carbocycles.